The normalized spacial score (nSPS) is 32.0. The van der Waals surface area contributed by atoms with Crippen LogP contribution in [0.4, 0.5) is 0 Å². The SMILES string of the molecule is CC(C)CN1CCOC(CN2CCNC[C@H]2C)C1. The monoisotopic (exact) mass is 255 g/mol. The summed E-state index contributed by atoms with van der Waals surface area (Å²) in [6.45, 7) is 15.7. The fraction of sp³-hybridized carbons (Fsp3) is 1.00. The average molecular weight is 255 g/mol. The summed E-state index contributed by atoms with van der Waals surface area (Å²) < 4.78 is 5.94. The summed E-state index contributed by atoms with van der Waals surface area (Å²) in [4.78, 5) is 5.13. The number of nitrogens with one attached hydrogen (secondary N) is 1. The van der Waals surface area contributed by atoms with Gasteiger partial charge in [-0.3, -0.25) is 9.80 Å². The molecule has 0 aromatic rings. The Morgan fingerprint density at radius 3 is 2.89 bits per heavy atom. The summed E-state index contributed by atoms with van der Waals surface area (Å²) >= 11 is 0. The van der Waals surface area contributed by atoms with Gasteiger partial charge in [-0.2, -0.15) is 0 Å². The van der Waals surface area contributed by atoms with E-state index < -0.39 is 0 Å². The van der Waals surface area contributed by atoms with Gasteiger partial charge in [0, 0.05) is 51.9 Å². The molecule has 0 aliphatic carbocycles. The molecule has 2 aliphatic heterocycles. The molecule has 4 nitrogen and oxygen atoms in total. The van der Waals surface area contributed by atoms with E-state index in [1.165, 1.54) is 6.54 Å². The Balaban J connectivity index is 1.77. The smallest absolute Gasteiger partial charge is 0.0829 e. The summed E-state index contributed by atoms with van der Waals surface area (Å²) in [5.41, 5.74) is 0. The minimum absolute atomic E-state index is 0.401. The van der Waals surface area contributed by atoms with Crippen molar-refractivity contribution in [3.8, 4) is 0 Å². The molecule has 4 heteroatoms. The maximum Gasteiger partial charge on any atom is 0.0829 e. The van der Waals surface area contributed by atoms with Crippen molar-refractivity contribution in [1.29, 1.82) is 0 Å². The van der Waals surface area contributed by atoms with Gasteiger partial charge in [-0.05, 0) is 12.8 Å². The van der Waals surface area contributed by atoms with Gasteiger partial charge in [-0.25, -0.2) is 0 Å². The van der Waals surface area contributed by atoms with E-state index in [-0.39, 0.29) is 0 Å². The molecule has 2 aliphatic rings. The van der Waals surface area contributed by atoms with E-state index in [1.54, 1.807) is 0 Å². The van der Waals surface area contributed by atoms with Crippen LogP contribution in [-0.2, 0) is 4.74 Å². The highest BCUT2D eigenvalue weighted by Crippen LogP contribution is 2.11. The van der Waals surface area contributed by atoms with Gasteiger partial charge in [0.05, 0.1) is 12.7 Å². The predicted octanol–water partition coefficient (Wildman–Crippen LogP) is 0.637. The van der Waals surface area contributed by atoms with Crippen LogP contribution in [0.5, 0.6) is 0 Å². The molecule has 18 heavy (non-hydrogen) atoms. The Hall–Kier alpha value is -0.160. The van der Waals surface area contributed by atoms with Gasteiger partial charge in [0.15, 0.2) is 0 Å². The lowest BCUT2D eigenvalue weighted by Gasteiger charge is -2.40. The molecule has 0 saturated carbocycles. The fourth-order valence-electron chi connectivity index (χ4n) is 2.99. The predicted molar refractivity (Wildman–Crippen MR) is 74.9 cm³/mol. The van der Waals surface area contributed by atoms with Gasteiger partial charge in [-0.15, -0.1) is 0 Å². The Kier molecular flexibility index (Phi) is 5.42. The molecule has 2 fully saturated rings. The first-order valence-corrected chi connectivity index (χ1v) is 7.44. The quantitative estimate of drug-likeness (QED) is 0.798. The fourth-order valence-corrected chi connectivity index (χ4v) is 2.99. The van der Waals surface area contributed by atoms with Crippen molar-refractivity contribution >= 4 is 0 Å². The third-order valence-electron chi connectivity index (χ3n) is 3.92. The number of ether oxygens (including phenoxy) is 1. The molecule has 1 unspecified atom stereocenters. The zero-order chi connectivity index (χ0) is 13.0. The Morgan fingerprint density at radius 2 is 2.17 bits per heavy atom. The standard InChI is InChI=1S/C14H29N3O/c1-12(2)9-16-6-7-18-14(10-16)11-17-5-4-15-8-13(17)3/h12-15H,4-11H2,1-3H3/t13-,14?/m1/s1. The second-order valence-corrected chi connectivity index (χ2v) is 6.19. The van der Waals surface area contributed by atoms with E-state index in [0.717, 1.165) is 51.8 Å². The summed E-state index contributed by atoms with van der Waals surface area (Å²) in [5.74, 6) is 0.752. The van der Waals surface area contributed by atoms with Crippen molar-refractivity contribution in [3.63, 3.8) is 0 Å². The molecule has 0 radical (unpaired) electrons. The van der Waals surface area contributed by atoms with E-state index in [9.17, 15) is 0 Å². The second-order valence-electron chi connectivity index (χ2n) is 6.19. The van der Waals surface area contributed by atoms with Crippen molar-refractivity contribution in [2.75, 3.05) is 52.4 Å². The number of piperazine rings is 1. The molecule has 0 spiro atoms. The molecule has 106 valence electrons. The average Bonchev–Trinajstić information content (AvgIpc) is 2.32. The largest absolute Gasteiger partial charge is 0.374 e. The summed E-state index contributed by atoms with van der Waals surface area (Å²) in [5, 5.41) is 3.44. The lowest BCUT2D eigenvalue weighted by Crippen LogP contribution is -2.55. The Bertz CT molecular complexity index is 247. The number of rotatable bonds is 4. The zero-order valence-corrected chi connectivity index (χ0v) is 12.2. The Labute approximate surface area is 112 Å². The minimum atomic E-state index is 0.401. The van der Waals surface area contributed by atoms with Crippen molar-refractivity contribution in [3.05, 3.63) is 0 Å². The van der Waals surface area contributed by atoms with E-state index in [4.69, 9.17) is 4.74 Å². The highest BCUT2D eigenvalue weighted by Gasteiger charge is 2.26. The molecule has 2 atom stereocenters. The highest BCUT2D eigenvalue weighted by molar-refractivity contribution is 4.81. The molecule has 0 aromatic carbocycles. The van der Waals surface area contributed by atoms with Gasteiger partial charge >= 0.3 is 0 Å². The van der Waals surface area contributed by atoms with Crippen LogP contribution in [0.15, 0.2) is 0 Å². The van der Waals surface area contributed by atoms with Crippen molar-refractivity contribution in [2.45, 2.75) is 32.9 Å². The van der Waals surface area contributed by atoms with E-state index in [1.807, 2.05) is 0 Å². The third-order valence-corrected chi connectivity index (χ3v) is 3.92. The first kappa shape index (κ1) is 14.3. The van der Waals surface area contributed by atoms with Crippen molar-refractivity contribution < 1.29 is 4.74 Å². The summed E-state index contributed by atoms with van der Waals surface area (Å²) in [7, 11) is 0. The lowest BCUT2D eigenvalue weighted by molar-refractivity contribution is -0.0521. The minimum Gasteiger partial charge on any atom is -0.374 e. The first-order chi connectivity index (χ1) is 8.65. The molecule has 2 rings (SSSR count). The van der Waals surface area contributed by atoms with Gasteiger partial charge in [0.1, 0.15) is 0 Å². The van der Waals surface area contributed by atoms with Crippen LogP contribution in [0.25, 0.3) is 0 Å². The number of morpholine rings is 1. The maximum atomic E-state index is 5.94. The molecule has 2 saturated heterocycles. The van der Waals surface area contributed by atoms with Crippen molar-refractivity contribution in [2.24, 2.45) is 5.92 Å². The molecule has 1 N–H and O–H groups in total. The van der Waals surface area contributed by atoms with Crippen LogP contribution in [0.3, 0.4) is 0 Å². The molecule has 0 bridgehead atoms. The van der Waals surface area contributed by atoms with Gasteiger partial charge in [-0.1, -0.05) is 13.8 Å². The number of nitrogens with zero attached hydrogens (tertiary/aromatic N) is 2. The first-order valence-electron chi connectivity index (χ1n) is 7.44. The molecule has 0 amide bonds. The second kappa shape index (κ2) is 6.85. The molecule has 2 heterocycles. The van der Waals surface area contributed by atoms with Crippen LogP contribution in [-0.4, -0.2) is 74.4 Å². The Morgan fingerprint density at radius 1 is 1.33 bits per heavy atom. The van der Waals surface area contributed by atoms with Gasteiger partial charge < -0.3 is 10.1 Å². The molecular weight excluding hydrogens is 226 g/mol. The van der Waals surface area contributed by atoms with Crippen LogP contribution in [0.2, 0.25) is 0 Å². The van der Waals surface area contributed by atoms with Crippen LogP contribution in [0.1, 0.15) is 20.8 Å². The summed E-state index contributed by atoms with van der Waals surface area (Å²) in [6.07, 6.45) is 0.401. The zero-order valence-electron chi connectivity index (χ0n) is 12.2. The number of hydrogen-bond acceptors (Lipinski definition) is 4. The summed E-state index contributed by atoms with van der Waals surface area (Å²) in [6, 6.07) is 0.642. The van der Waals surface area contributed by atoms with Crippen LogP contribution >= 0.6 is 0 Å². The highest BCUT2D eigenvalue weighted by atomic mass is 16.5. The van der Waals surface area contributed by atoms with Gasteiger partial charge in [0.2, 0.25) is 0 Å². The van der Waals surface area contributed by atoms with Gasteiger partial charge in [0.25, 0.3) is 0 Å². The maximum absolute atomic E-state index is 5.94. The lowest BCUT2D eigenvalue weighted by atomic mass is 10.1. The number of hydrogen-bond donors (Lipinski definition) is 1. The van der Waals surface area contributed by atoms with Crippen molar-refractivity contribution in [1.82, 2.24) is 15.1 Å². The molecule has 0 aromatic heterocycles. The van der Waals surface area contributed by atoms with E-state index in [0.29, 0.717) is 12.1 Å². The molecular formula is C14H29N3O. The van der Waals surface area contributed by atoms with Crippen LogP contribution < -0.4 is 5.32 Å². The van der Waals surface area contributed by atoms with Crippen LogP contribution in [0, 0.1) is 5.92 Å². The van der Waals surface area contributed by atoms with E-state index >= 15 is 0 Å². The third kappa shape index (κ3) is 4.19. The van der Waals surface area contributed by atoms with E-state index in [2.05, 4.69) is 35.9 Å². The topological polar surface area (TPSA) is 27.7 Å².